The van der Waals surface area contributed by atoms with Crippen molar-refractivity contribution in [2.75, 3.05) is 11.9 Å². The SMILES string of the molecule is Cc1ccc(NC(=O)COC(=O)c2cccnc2Oc2cccnc2)cc1S(N)(=O)=O. The van der Waals surface area contributed by atoms with E-state index in [1.54, 1.807) is 25.3 Å². The summed E-state index contributed by atoms with van der Waals surface area (Å²) in [5.74, 6) is -1.12. The van der Waals surface area contributed by atoms with Gasteiger partial charge in [-0.25, -0.2) is 23.3 Å². The van der Waals surface area contributed by atoms with Crippen LogP contribution < -0.4 is 15.2 Å². The fourth-order valence-electron chi connectivity index (χ4n) is 2.54. The number of primary sulfonamides is 1. The number of amides is 1. The molecule has 0 saturated carbocycles. The van der Waals surface area contributed by atoms with Crippen LogP contribution in [0.2, 0.25) is 0 Å². The lowest BCUT2D eigenvalue weighted by Gasteiger charge is -2.11. The summed E-state index contributed by atoms with van der Waals surface area (Å²) in [6.45, 7) is 0.963. The molecular weight excluding hydrogens is 424 g/mol. The molecule has 0 aliphatic carbocycles. The second-order valence-electron chi connectivity index (χ2n) is 6.30. The minimum atomic E-state index is -3.95. The van der Waals surface area contributed by atoms with E-state index in [-0.39, 0.29) is 22.0 Å². The zero-order valence-electron chi connectivity index (χ0n) is 16.3. The molecule has 0 radical (unpaired) electrons. The van der Waals surface area contributed by atoms with Crippen LogP contribution in [0, 0.1) is 6.92 Å². The Hall–Kier alpha value is -3.83. The molecule has 10 nitrogen and oxygen atoms in total. The summed E-state index contributed by atoms with van der Waals surface area (Å²) in [6, 6.07) is 10.5. The molecule has 0 fully saturated rings. The molecule has 3 aromatic rings. The fraction of sp³-hybridized carbons (Fsp3) is 0.100. The number of ether oxygens (including phenoxy) is 2. The Labute approximate surface area is 178 Å². The molecule has 0 unspecified atom stereocenters. The van der Waals surface area contributed by atoms with E-state index in [4.69, 9.17) is 14.6 Å². The van der Waals surface area contributed by atoms with Crippen LogP contribution >= 0.6 is 0 Å². The average Bonchev–Trinajstić information content (AvgIpc) is 2.74. The van der Waals surface area contributed by atoms with Crippen LogP contribution in [0.5, 0.6) is 11.6 Å². The molecule has 0 spiro atoms. The van der Waals surface area contributed by atoms with E-state index < -0.39 is 28.5 Å². The van der Waals surface area contributed by atoms with E-state index in [2.05, 4.69) is 15.3 Å². The number of sulfonamides is 1. The van der Waals surface area contributed by atoms with Crippen LogP contribution in [0.3, 0.4) is 0 Å². The number of nitrogens with one attached hydrogen (secondary N) is 1. The number of carbonyl (C=O) groups excluding carboxylic acids is 2. The molecule has 1 aromatic carbocycles. The Morgan fingerprint density at radius 2 is 1.90 bits per heavy atom. The standard InChI is InChI=1S/C20H18N4O6S/c1-13-6-7-14(10-17(13)31(21,27)28)24-18(25)12-29-20(26)16-5-3-9-23-19(16)30-15-4-2-8-22-11-15/h2-11H,12H2,1H3,(H,24,25)(H2,21,27,28). The Morgan fingerprint density at radius 3 is 2.61 bits per heavy atom. The molecule has 1 amide bonds. The smallest absolute Gasteiger partial charge is 0.344 e. The Kier molecular flexibility index (Phi) is 6.58. The predicted octanol–water partition coefficient (Wildman–Crippen LogP) is 2.02. The van der Waals surface area contributed by atoms with E-state index in [0.29, 0.717) is 11.3 Å². The molecule has 31 heavy (non-hydrogen) atoms. The number of esters is 1. The van der Waals surface area contributed by atoms with Gasteiger partial charge in [0.25, 0.3) is 5.91 Å². The van der Waals surface area contributed by atoms with Crippen molar-refractivity contribution in [1.29, 1.82) is 0 Å². The minimum Gasteiger partial charge on any atom is -0.452 e. The van der Waals surface area contributed by atoms with Crippen molar-refractivity contribution in [3.63, 3.8) is 0 Å². The summed E-state index contributed by atoms with van der Waals surface area (Å²) >= 11 is 0. The highest BCUT2D eigenvalue weighted by atomic mass is 32.2. The minimum absolute atomic E-state index is 0.00256. The van der Waals surface area contributed by atoms with Crippen molar-refractivity contribution in [2.45, 2.75) is 11.8 Å². The van der Waals surface area contributed by atoms with E-state index in [1.165, 1.54) is 42.7 Å². The molecule has 0 bridgehead atoms. The number of anilines is 1. The maximum Gasteiger partial charge on any atom is 0.344 e. The first-order chi connectivity index (χ1) is 14.7. The lowest BCUT2D eigenvalue weighted by Crippen LogP contribution is -2.22. The van der Waals surface area contributed by atoms with Crippen molar-refractivity contribution in [3.8, 4) is 11.6 Å². The quantitative estimate of drug-likeness (QED) is 0.528. The van der Waals surface area contributed by atoms with Crippen molar-refractivity contribution < 1.29 is 27.5 Å². The first-order valence-corrected chi connectivity index (χ1v) is 10.4. The number of rotatable bonds is 7. The zero-order valence-corrected chi connectivity index (χ0v) is 17.1. The van der Waals surface area contributed by atoms with Gasteiger partial charge in [-0.1, -0.05) is 6.07 Å². The van der Waals surface area contributed by atoms with E-state index in [9.17, 15) is 18.0 Å². The third kappa shape index (κ3) is 5.84. The van der Waals surface area contributed by atoms with E-state index in [0.717, 1.165) is 0 Å². The highest BCUT2D eigenvalue weighted by molar-refractivity contribution is 7.89. The third-order valence-corrected chi connectivity index (χ3v) is 5.01. The van der Waals surface area contributed by atoms with Gasteiger partial charge in [-0.2, -0.15) is 0 Å². The van der Waals surface area contributed by atoms with Crippen molar-refractivity contribution in [1.82, 2.24) is 9.97 Å². The summed E-state index contributed by atoms with van der Waals surface area (Å²) in [5.41, 5.74) is 0.647. The first kappa shape index (κ1) is 21.9. The molecule has 0 atom stereocenters. The average molecular weight is 442 g/mol. The molecule has 2 aromatic heterocycles. The lowest BCUT2D eigenvalue weighted by atomic mass is 10.2. The highest BCUT2D eigenvalue weighted by Crippen LogP contribution is 2.23. The maximum atomic E-state index is 12.4. The Balaban J connectivity index is 1.65. The van der Waals surface area contributed by atoms with Crippen LogP contribution in [0.25, 0.3) is 0 Å². The van der Waals surface area contributed by atoms with Crippen LogP contribution in [0.15, 0.2) is 66.0 Å². The van der Waals surface area contributed by atoms with Gasteiger partial charge in [-0.05, 0) is 48.9 Å². The van der Waals surface area contributed by atoms with Gasteiger partial charge in [0.15, 0.2) is 6.61 Å². The maximum absolute atomic E-state index is 12.4. The van der Waals surface area contributed by atoms with Gasteiger partial charge < -0.3 is 14.8 Å². The summed E-state index contributed by atoms with van der Waals surface area (Å²) in [5, 5.41) is 7.61. The number of pyridine rings is 2. The zero-order chi connectivity index (χ0) is 22.4. The van der Waals surface area contributed by atoms with Crippen LogP contribution in [-0.4, -0.2) is 36.9 Å². The van der Waals surface area contributed by atoms with Crippen LogP contribution in [0.1, 0.15) is 15.9 Å². The summed E-state index contributed by atoms with van der Waals surface area (Å²) in [7, 11) is -3.95. The summed E-state index contributed by atoms with van der Waals surface area (Å²) in [6.07, 6.45) is 4.46. The van der Waals surface area contributed by atoms with E-state index >= 15 is 0 Å². The second kappa shape index (κ2) is 9.32. The Morgan fingerprint density at radius 1 is 1.13 bits per heavy atom. The predicted molar refractivity (Wildman–Crippen MR) is 110 cm³/mol. The normalized spacial score (nSPS) is 10.9. The van der Waals surface area contributed by atoms with Gasteiger partial charge >= 0.3 is 5.97 Å². The Bertz CT molecular complexity index is 1220. The highest BCUT2D eigenvalue weighted by Gasteiger charge is 2.18. The molecule has 160 valence electrons. The van der Waals surface area contributed by atoms with Crippen LogP contribution in [0.4, 0.5) is 5.69 Å². The molecule has 0 saturated heterocycles. The number of nitrogens with zero attached hydrogens (tertiary/aromatic N) is 2. The lowest BCUT2D eigenvalue weighted by molar-refractivity contribution is -0.119. The van der Waals surface area contributed by atoms with Gasteiger partial charge in [-0.3, -0.25) is 9.78 Å². The van der Waals surface area contributed by atoms with Crippen molar-refractivity contribution in [2.24, 2.45) is 5.14 Å². The third-order valence-electron chi connectivity index (χ3n) is 3.95. The second-order valence-corrected chi connectivity index (χ2v) is 7.83. The van der Waals surface area contributed by atoms with Gasteiger partial charge in [0, 0.05) is 18.1 Å². The molecule has 3 rings (SSSR count). The molecule has 0 aliphatic rings. The largest absolute Gasteiger partial charge is 0.452 e. The summed E-state index contributed by atoms with van der Waals surface area (Å²) < 4.78 is 33.8. The van der Waals surface area contributed by atoms with Gasteiger partial charge in [-0.15, -0.1) is 0 Å². The van der Waals surface area contributed by atoms with Crippen molar-refractivity contribution in [3.05, 3.63) is 72.2 Å². The van der Waals surface area contributed by atoms with Crippen LogP contribution in [-0.2, 0) is 19.6 Å². The summed E-state index contributed by atoms with van der Waals surface area (Å²) in [4.78, 5) is 32.4. The number of hydrogen-bond donors (Lipinski definition) is 2. The topological polar surface area (TPSA) is 151 Å². The van der Waals surface area contributed by atoms with E-state index in [1.807, 2.05) is 0 Å². The molecule has 3 N–H and O–H groups in total. The first-order valence-electron chi connectivity index (χ1n) is 8.87. The van der Waals surface area contributed by atoms with Crippen molar-refractivity contribution >= 4 is 27.6 Å². The monoisotopic (exact) mass is 442 g/mol. The number of nitrogens with two attached hydrogens (primary N) is 1. The van der Waals surface area contributed by atoms with Gasteiger partial charge in [0.1, 0.15) is 11.3 Å². The number of hydrogen-bond acceptors (Lipinski definition) is 8. The number of carbonyl (C=O) groups is 2. The molecular formula is C20H18N4O6S. The molecule has 2 heterocycles. The number of benzene rings is 1. The van der Waals surface area contributed by atoms with Gasteiger partial charge in [0.2, 0.25) is 15.9 Å². The molecule has 11 heteroatoms. The molecule has 0 aliphatic heterocycles. The van der Waals surface area contributed by atoms with Gasteiger partial charge in [0.05, 0.1) is 11.1 Å². The number of aromatic nitrogens is 2. The number of aryl methyl sites for hydroxylation is 1. The fourth-order valence-corrected chi connectivity index (χ4v) is 3.34.